The van der Waals surface area contributed by atoms with Crippen LogP contribution >= 0.6 is 0 Å². The lowest BCUT2D eigenvalue weighted by molar-refractivity contribution is -0.124. The predicted octanol–water partition coefficient (Wildman–Crippen LogP) is 0.263. The van der Waals surface area contributed by atoms with Crippen LogP contribution in [0.5, 0.6) is 0 Å². The largest absolute Gasteiger partial charge is 0.348 e. The van der Waals surface area contributed by atoms with Crippen LogP contribution in [-0.2, 0) is 4.79 Å². The number of benzene rings is 1. The molecular formula is C16H14F2N6O3. The Hall–Kier alpha value is -3.37. The number of hydrogen-bond donors (Lipinski definition) is 3. The first-order valence-corrected chi connectivity index (χ1v) is 8.19. The molecule has 2 aliphatic rings. The van der Waals surface area contributed by atoms with Gasteiger partial charge in [-0.1, -0.05) is 6.07 Å². The van der Waals surface area contributed by atoms with Gasteiger partial charge in [-0.25, -0.2) is 13.6 Å². The Bertz CT molecular complexity index is 957. The van der Waals surface area contributed by atoms with Crippen molar-refractivity contribution in [1.82, 2.24) is 30.9 Å². The Labute approximate surface area is 151 Å². The lowest BCUT2D eigenvalue weighted by atomic mass is 9.93. The second-order valence-electron chi connectivity index (χ2n) is 6.43. The van der Waals surface area contributed by atoms with Gasteiger partial charge < -0.3 is 10.6 Å². The standard InChI is InChI=1S/C16H14F2N6O3/c17-9-2-1-3-11(12(9)18)24-20-6-10(23-24)13(25)19-7-16(8-4-5-8)14(26)21-15(27)22-16/h1-3,6,8H,4-5,7H2,(H,19,25)(H2,21,22,26,27)/t16-/m0/s1. The van der Waals surface area contributed by atoms with Crippen molar-refractivity contribution < 1.29 is 23.2 Å². The molecule has 1 aromatic heterocycles. The molecule has 2 fully saturated rings. The van der Waals surface area contributed by atoms with E-state index < -0.39 is 35.0 Å². The number of carbonyl (C=O) groups excluding carboxylic acids is 3. The van der Waals surface area contributed by atoms with E-state index in [1.165, 1.54) is 12.1 Å². The number of carbonyl (C=O) groups is 3. The molecule has 9 nitrogen and oxygen atoms in total. The number of imide groups is 1. The van der Waals surface area contributed by atoms with Gasteiger partial charge in [-0.2, -0.15) is 5.10 Å². The van der Waals surface area contributed by atoms with Crippen molar-refractivity contribution in [3.63, 3.8) is 0 Å². The molecule has 2 aromatic rings. The van der Waals surface area contributed by atoms with Gasteiger partial charge in [-0.05, 0) is 30.9 Å². The predicted molar refractivity (Wildman–Crippen MR) is 85.7 cm³/mol. The van der Waals surface area contributed by atoms with Crippen molar-refractivity contribution in [3.05, 3.63) is 41.7 Å². The van der Waals surface area contributed by atoms with Crippen molar-refractivity contribution in [2.75, 3.05) is 6.54 Å². The molecule has 2 heterocycles. The molecule has 1 saturated carbocycles. The van der Waals surface area contributed by atoms with Crippen LogP contribution in [0.4, 0.5) is 13.6 Å². The zero-order valence-electron chi connectivity index (χ0n) is 13.8. The van der Waals surface area contributed by atoms with Crippen LogP contribution in [0.1, 0.15) is 23.3 Å². The Balaban J connectivity index is 1.49. The summed E-state index contributed by atoms with van der Waals surface area (Å²) in [5.74, 6) is -3.41. The van der Waals surface area contributed by atoms with Gasteiger partial charge in [0.25, 0.3) is 11.8 Å². The lowest BCUT2D eigenvalue weighted by Gasteiger charge is -2.25. The molecule has 1 aliphatic heterocycles. The van der Waals surface area contributed by atoms with E-state index in [1.807, 2.05) is 0 Å². The number of rotatable bonds is 5. The van der Waals surface area contributed by atoms with Gasteiger partial charge >= 0.3 is 6.03 Å². The molecule has 1 atom stereocenters. The second kappa shape index (κ2) is 6.11. The van der Waals surface area contributed by atoms with Crippen molar-refractivity contribution >= 4 is 17.8 Å². The van der Waals surface area contributed by atoms with Crippen LogP contribution in [0.3, 0.4) is 0 Å². The minimum atomic E-state index is -1.18. The first kappa shape index (κ1) is 17.1. The monoisotopic (exact) mass is 376 g/mol. The topological polar surface area (TPSA) is 118 Å². The van der Waals surface area contributed by atoms with Crippen molar-refractivity contribution in [2.24, 2.45) is 5.92 Å². The summed E-state index contributed by atoms with van der Waals surface area (Å²) < 4.78 is 27.1. The van der Waals surface area contributed by atoms with Gasteiger partial charge in [0.15, 0.2) is 17.3 Å². The SMILES string of the molecule is O=C1NC(=O)[C@](CNC(=O)c2cnn(-c3cccc(F)c3F)n2)(C2CC2)N1. The minimum absolute atomic E-state index is 0.0543. The van der Waals surface area contributed by atoms with E-state index >= 15 is 0 Å². The lowest BCUT2D eigenvalue weighted by Crippen LogP contribution is -2.57. The fourth-order valence-corrected chi connectivity index (χ4v) is 3.08. The summed E-state index contributed by atoms with van der Waals surface area (Å²) in [5, 5.41) is 14.9. The summed E-state index contributed by atoms with van der Waals surface area (Å²) in [7, 11) is 0. The van der Waals surface area contributed by atoms with Crippen LogP contribution in [0.25, 0.3) is 5.69 Å². The highest BCUT2D eigenvalue weighted by Gasteiger charge is 2.56. The summed E-state index contributed by atoms with van der Waals surface area (Å²) in [6, 6.07) is 2.90. The maximum Gasteiger partial charge on any atom is 0.322 e. The van der Waals surface area contributed by atoms with Crippen LogP contribution in [0.2, 0.25) is 0 Å². The smallest absolute Gasteiger partial charge is 0.322 e. The molecule has 0 spiro atoms. The Kier molecular flexibility index (Phi) is 3.86. The molecule has 1 aliphatic carbocycles. The van der Waals surface area contributed by atoms with E-state index in [-0.39, 0.29) is 23.8 Å². The van der Waals surface area contributed by atoms with Crippen LogP contribution < -0.4 is 16.0 Å². The molecule has 140 valence electrons. The van der Waals surface area contributed by atoms with Crippen LogP contribution in [-0.4, -0.2) is 44.9 Å². The maximum atomic E-state index is 13.8. The summed E-state index contributed by atoms with van der Waals surface area (Å²) in [6.07, 6.45) is 2.62. The molecule has 0 unspecified atom stereocenters. The molecule has 0 radical (unpaired) electrons. The van der Waals surface area contributed by atoms with E-state index in [0.717, 1.165) is 29.9 Å². The summed E-state index contributed by atoms with van der Waals surface area (Å²) >= 11 is 0. The van der Waals surface area contributed by atoms with Gasteiger partial charge in [0.05, 0.1) is 12.7 Å². The van der Waals surface area contributed by atoms with E-state index in [0.29, 0.717) is 0 Å². The third-order valence-corrected chi connectivity index (χ3v) is 4.64. The average Bonchev–Trinajstić information content (AvgIpc) is 3.30. The van der Waals surface area contributed by atoms with E-state index in [9.17, 15) is 23.2 Å². The highest BCUT2D eigenvalue weighted by atomic mass is 19.2. The zero-order chi connectivity index (χ0) is 19.2. The number of nitrogens with one attached hydrogen (secondary N) is 3. The summed E-state index contributed by atoms with van der Waals surface area (Å²) in [5.41, 5.74) is -1.57. The first-order chi connectivity index (χ1) is 12.9. The number of amides is 4. The van der Waals surface area contributed by atoms with Crippen molar-refractivity contribution in [2.45, 2.75) is 18.4 Å². The van der Waals surface area contributed by atoms with Gasteiger partial charge in [0.2, 0.25) is 0 Å². The first-order valence-electron chi connectivity index (χ1n) is 8.19. The summed E-state index contributed by atoms with van der Waals surface area (Å²) in [4.78, 5) is 36.8. The second-order valence-corrected chi connectivity index (χ2v) is 6.43. The third kappa shape index (κ3) is 2.90. The molecule has 0 bridgehead atoms. The van der Waals surface area contributed by atoms with Gasteiger partial charge in [0.1, 0.15) is 11.2 Å². The van der Waals surface area contributed by atoms with Gasteiger partial charge in [-0.15, -0.1) is 9.90 Å². The summed E-state index contributed by atoms with van der Waals surface area (Å²) in [6.45, 7) is -0.116. The number of halogens is 2. The molecule has 4 rings (SSSR count). The fourth-order valence-electron chi connectivity index (χ4n) is 3.08. The molecule has 3 N–H and O–H groups in total. The highest BCUT2D eigenvalue weighted by Crippen LogP contribution is 2.41. The highest BCUT2D eigenvalue weighted by molar-refractivity contribution is 6.08. The van der Waals surface area contributed by atoms with E-state index in [4.69, 9.17) is 0 Å². The van der Waals surface area contributed by atoms with Crippen LogP contribution in [0.15, 0.2) is 24.4 Å². The normalized spacial score (nSPS) is 21.7. The number of nitrogens with zero attached hydrogens (tertiary/aromatic N) is 3. The van der Waals surface area contributed by atoms with Crippen LogP contribution in [0, 0.1) is 17.6 Å². The maximum absolute atomic E-state index is 13.8. The van der Waals surface area contributed by atoms with Crippen molar-refractivity contribution in [3.8, 4) is 5.69 Å². The number of aromatic nitrogens is 3. The third-order valence-electron chi connectivity index (χ3n) is 4.64. The average molecular weight is 376 g/mol. The molecule has 27 heavy (non-hydrogen) atoms. The molecule has 11 heteroatoms. The number of hydrogen-bond acceptors (Lipinski definition) is 5. The molecule has 1 aromatic carbocycles. The Morgan fingerprint density at radius 3 is 2.78 bits per heavy atom. The quantitative estimate of drug-likeness (QED) is 0.647. The molecular weight excluding hydrogens is 362 g/mol. The zero-order valence-corrected chi connectivity index (χ0v) is 13.8. The Morgan fingerprint density at radius 2 is 2.11 bits per heavy atom. The van der Waals surface area contributed by atoms with Gasteiger partial charge in [0, 0.05) is 0 Å². The molecule has 1 saturated heterocycles. The van der Waals surface area contributed by atoms with Crippen molar-refractivity contribution in [1.29, 1.82) is 0 Å². The Morgan fingerprint density at radius 1 is 1.33 bits per heavy atom. The van der Waals surface area contributed by atoms with Gasteiger partial charge in [-0.3, -0.25) is 14.9 Å². The number of urea groups is 1. The fraction of sp³-hybridized carbons (Fsp3) is 0.312. The van der Waals surface area contributed by atoms with E-state index in [1.54, 1.807) is 0 Å². The minimum Gasteiger partial charge on any atom is -0.348 e. The molecule has 4 amide bonds. The van der Waals surface area contributed by atoms with E-state index in [2.05, 4.69) is 26.1 Å².